The monoisotopic (exact) mass is 368 g/mol. The quantitative estimate of drug-likeness (QED) is 0.830. The highest BCUT2D eigenvalue weighted by Gasteiger charge is 2.63. The number of ether oxygens (including phenoxy) is 6. The summed E-state index contributed by atoms with van der Waals surface area (Å²) in [6.45, 7) is 1.59. The Bertz CT molecular complexity index is 941. The summed E-state index contributed by atoms with van der Waals surface area (Å²) in [7, 11) is 3.29. The molecule has 1 aliphatic carbocycles. The minimum Gasteiger partial charge on any atom is -0.493 e. The maximum absolute atomic E-state index is 6.57. The van der Waals surface area contributed by atoms with Crippen LogP contribution in [-0.4, -0.2) is 34.2 Å². The molecule has 4 aliphatic rings. The Morgan fingerprint density at radius 2 is 1.78 bits per heavy atom. The Balaban J connectivity index is 1.61. The number of methoxy groups -OCH3 is 2. The summed E-state index contributed by atoms with van der Waals surface area (Å²) in [5, 5.41) is 0. The SMILES string of the molecule is COc1ccc([C@@]23OC[C@@H]4[C@@H](OC[C@@H]42)c2cc4c(cc23)OCO4)cc1OC. The van der Waals surface area contributed by atoms with Crippen molar-refractivity contribution in [1.29, 1.82) is 0 Å². The van der Waals surface area contributed by atoms with Crippen molar-refractivity contribution in [2.24, 2.45) is 11.8 Å². The first-order valence-electron chi connectivity index (χ1n) is 9.18. The third kappa shape index (κ3) is 1.82. The maximum Gasteiger partial charge on any atom is 0.231 e. The van der Waals surface area contributed by atoms with Crippen LogP contribution in [-0.2, 0) is 15.1 Å². The average Bonchev–Trinajstić information content (AvgIpc) is 3.38. The topological polar surface area (TPSA) is 55.4 Å². The van der Waals surface area contributed by atoms with Crippen LogP contribution < -0.4 is 18.9 Å². The molecule has 3 heterocycles. The highest BCUT2D eigenvalue weighted by Crippen LogP contribution is 2.64. The standard InChI is InChI=1S/C21H20O6/c1-22-16-4-3-11(5-17(16)23-2)21-14-7-19-18(25-10-26-19)6-12(14)20-13(8-27-21)15(21)9-24-20/h3-7,13,15,20H,8-10H2,1-2H3/t13-,15-,20-,21-/m0/s1. The normalized spacial score (nSPS) is 31.7. The van der Waals surface area contributed by atoms with E-state index in [1.54, 1.807) is 14.2 Å². The average molecular weight is 368 g/mol. The van der Waals surface area contributed by atoms with E-state index in [0.29, 0.717) is 30.6 Å². The summed E-state index contributed by atoms with van der Waals surface area (Å²) < 4.78 is 35.0. The lowest BCUT2D eigenvalue weighted by atomic mass is 9.66. The van der Waals surface area contributed by atoms with Crippen LogP contribution in [0.1, 0.15) is 22.8 Å². The van der Waals surface area contributed by atoms with Crippen molar-refractivity contribution in [3.8, 4) is 23.0 Å². The number of rotatable bonds is 3. The molecule has 0 saturated carbocycles. The molecule has 0 aromatic heterocycles. The Morgan fingerprint density at radius 1 is 0.963 bits per heavy atom. The lowest BCUT2D eigenvalue weighted by Crippen LogP contribution is -2.39. The molecule has 0 unspecified atom stereocenters. The summed E-state index contributed by atoms with van der Waals surface area (Å²) in [4.78, 5) is 0. The van der Waals surface area contributed by atoms with Gasteiger partial charge in [0.05, 0.1) is 33.5 Å². The Kier molecular flexibility index (Phi) is 3.06. The molecular formula is C21H20O6. The van der Waals surface area contributed by atoms with Crippen molar-refractivity contribution in [1.82, 2.24) is 0 Å². The van der Waals surface area contributed by atoms with Crippen molar-refractivity contribution in [3.63, 3.8) is 0 Å². The minimum atomic E-state index is -0.576. The van der Waals surface area contributed by atoms with Gasteiger partial charge in [-0.05, 0) is 41.0 Å². The zero-order valence-corrected chi connectivity index (χ0v) is 15.2. The second-order valence-corrected chi connectivity index (χ2v) is 7.43. The molecule has 140 valence electrons. The summed E-state index contributed by atoms with van der Waals surface area (Å²) >= 11 is 0. The van der Waals surface area contributed by atoms with Crippen molar-refractivity contribution in [2.75, 3.05) is 34.2 Å². The smallest absolute Gasteiger partial charge is 0.231 e. The molecular weight excluding hydrogens is 348 g/mol. The van der Waals surface area contributed by atoms with Crippen molar-refractivity contribution in [2.45, 2.75) is 11.7 Å². The van der Waals surface area contributed by atoms with Crippen LogP contribution >= 0.6 is 0 Å². The van der Waals surface area contributed by atoms with Gasteiger partial charge < -0.3 is 28.4 Å². The second-order valence-electron chi connectivity index (χ2n) is 7.43. The van der Waals surface area contributed by atoms with Crippen LogP contribution in [0.5, 0.6) is 23.0 Å². The molecule has 6 heteroatoms. The largest absolute Gasteiger partial charge is 0.493 e. The number of benzene rings is 2. The molecule has 0 spiro atoms. The zero-order chi connectivity index (χ0) is 18.2. The minimum absolute atomic E-state index is 0.0512. The van der Waals surface area contributed by atoms with Gasteiger partial charge in [0.25, 0.3) is 0 Å². The molecule has 0 radical (unpaired) electrons. The molecule has 0 amide bonds. The molecule has 4 atom stereocenters. The molecule has 4 bridgehead atoms. The fraction of sp³-hybridized carbons (Fsp3) is 0.429. The zero-order valence-electron chi connectivity index (χ0n) is 15.2. The number of hydrogen-bond acceptors (Lipinski definition) is 6. The van der Waals surface area contributed by atoms with E-state index in [1.165, 1.54) is 0 Å². The Morgan fingerprint density at radius 3 is 2.59 bits per heavy atom. The third-order valence-corrected chi connectivity index (χ3v) is 6.45. The Hall–Kier alpha value is -2.44. The summed E-state index contributed by atoms with van der Waals surface area (Å²) in [6.07, 6.45) is 0.0512. The van der Waals surface area contributed by atoms with Gasteiger partial charge in [0, 0.05) is 11.8 Å². The van der Waals surface area contributed by atoms with Gasteiger partial charge in [-0.1, -0.05) is 6.07 Å². The predicted octanol–water partition coefficient (Wildman–Crippen LogP) is 3.02. The molecule has 27 heavy (non-hydrogen) atoms. The van der Waals surface area contributed by atoms with Gasteiger partial charge in [-0.2, -0.15) is 0 Å². The van der Waals surface area contributed by atoms with Crippen LogP contribution in [0.25, 0.3) is 0 Å². The first-order valence-corrected chi connectivity index (χ1v) is 9.18. The van der Waals surface area contributed by atoms with Gasteiger partial charge in [0.1, 0.15) is 5.60 Å². The van der Waals surface area contributed by atoms with E-state index in [4.69, 9.17) is 28.4 Å². The van der Waals surface area contributed by atoms with E-state index in [9.17, 15) is 0 Å². The van der Waals surface area contributed by atoms with Gasteiger partial charge in [-0.25, -0.2) is 0 Å². The fourth-order valence-corrected chi connectivity index (χ4v) is 5.26. The highest BCUT2D eigenvalue weighted by atomic mass is 16.7. The molecule has 6 rings (SSSR count). The van der Waals surface area contributed by atoms with Crippen LogP contribution in [0.4, 0.5) is 0 Å². The lowest BCUT2D eigenvalue weighted by molar-refractivity contribution is -0.0130. The van der Waals surface area contributed by atoms with Crippen molar-refractivity contribution < 1.29 is 28.4 Å². The summed E-state index contributed by atoms with van der Waals surface area (Å²) in [6, 6.07) is 10.2. The van der Waals surface area contributed by atoms with Crippen molar-refractivity contribution >= 4 is 0 Å². The summed E-state index contributed by atoms with van der Waals surface area (Å²) in [5.74, 6) is 3.54. The molecule has 2 aromatic carbocycles. The van der Waals surface area contributed by atoms with Gasteiger partial charge >= 0.3 is 0 Å². The van der Waals surface area contributed by atoms with Crippen LogP contribution in [0.2, 0.25) is 0 Å². The maximum atomic E-state index is 6.57. The first kappa shape index (κ1) is 15.6. The highest BCUT2D eigenvalue weighted by molar-refractivity contribution is 5.58. The second kappa shape index (κ2) is 5.30. The van der Waals surface area contributed by atoms with E-state index in [-0.39, 0.29) is 18.8 Å². The van der Waals surface area contributed by atoms with E-state index < -0.39 is 5.60 Å². The van der Waals surface area contributed by atoms with Crippen molar-refractivity contribution in [3.05, 3.63) is 47.0 Å². The molecule has 0 N–H and O–H groups in total. The van der Waals surface area contributed by atoms with Crippen LogP contribution in [0.15, 0.2) is 30.3 Å². The van der Waals surface area contributed by atoms with Gasteiger partial charge in [-0.3, -0.25) is 0 Å². The van der Waals surface area contributed by atoms with Crippen LogP contribution in [0, 0.1) is 11.8 Å². The third-order valence-electron chi connectivity index (χ3n) is 6.45. The Labute approximate surface area is 156 Å². The number of fused-ring (bicyclic) bond motifs is 4. The van der Waals surface area contributed by atoms with Crippen LogP contribution in [0.3, 0.4) is 0 Å². The van der Waals surface area contributed by atoms with Gasteiger partial charge in [-0.15, -0.1) is 0 Å². The van der Waals surface area contributed by atoms with E-state index in [1.807, 2.05) is 12.1 Å². The first-order chi connectivity index (χ1) is 13.3. The van der Waals surface area contributed by atoms with Gasteiger partial charge in [0.15, 0.2) is 23.0 Å². The van der Waals surface area contributed by atoms with E-state index in [0.717, 1.165) is 28.2 Å². The predicted molar refractivity (Wildman–Crippen MR) is 94.5 cm³/mol. The molecule has 2 aromatic rings. The fourth-order valence-electron chi connectivity index (χ4n) is 5.26. The molecule has 2 saturated heterocycles. The number of hydrogen-bond donors (Lipinski definition) is 0. The summed E-state index contributed by atoms with van der Waals surface area (Å²) in [5.41, 5.74) is 2.73. The van der Waals surface area contributed by atoms with Gasteiger partial charge in [0.2, 0.25) is 6.79 Å². The lowest BCUT2D eigenvalue weighted by Gasteiger charge is -2.38. The van der Waals surface area contributed by atoms with E-state index >= 15 is 0 Å². The molecule has 3 aliphatic heterocycles. The van der Waals surface area contributed by atoms with E-state index in [2.05, 4.69) is 18.2 Å². The molecule has 2 fully saturated rings. The molecule has 6 nitrogen and oxygen atoms in total.